The molecule has 148 valence electrons. The fraction of sp³-hybridized carbons (Fsp3) is 0.650. The molecular weight excluding hydrogens is 439 g/mol. The number of hydrogen-bond donors (Lipinski definition) is 2. The summed E-state index contributed by atoms with van der Waals surface area (Å²) in [5.74, 6) is 2.65. The van der Waals surface area contributed by atoms with E-state index >= 15 is 0 Å². The third kappa shape index (κ3) is 6.95. The highest BCUT2D eigenvalue weighted by molar-refractivity contribution is 14.0. The lowest BCUT2D eigenvalue weighted by molar-refractivity contribution is 0.295. The van der Waals surface area contributed by atoms with Crippen molar-refractivity contribution in [1.29, 1.82) is 0 Å². The molecular formula is C20H35IN4O. The Balaban J connectivity index is 0.00000338. The first-order chi connectivity index (χ1) is 12.0. The molecule has 2 N–H and O–H groups in total. The molecule has 1 fully saturated rings. The number of aliphatic imine (C=N–C) groups is 1. The van der Waals surface area contributed by atoms with E-state index in [1.54, 1.807) is 7.11 Å². The van der Waals surface area contributed by atoms with Crippen LogP contribution in [0.2, 0.25) is 0 Å². The lowest BCUT2D eigenvalue weighted by atomic mass is 9.87. The molecule has 0 bridgehead atoms. The molecule has 2 rings (SSSR count). The molecule has 1 atom stereocenters. The number of nitrogens with one attached hydrogen (secondary N) is 2. The second-order valence-electron chi connectivity index (χ2n) is 7.31. The maximum absolute atomic E-state index is 5.37. The van der Waals surface area contributed by atoms with Crippen LogP contribution in [0.15, 0.2) is 29.3 Å². The highest BCUT2D eigenvalue weighted by Gasteiger charge is 2.20. The molecule has 5 nitrogen and oxygen atoms in total. The first-order valence-electron chi connectivity index (χ1n) is 9.31. The number of methoxy groups -OCH3 is 1. The zero-order valence-electron chi connectivity index (χ0n) is 16.8. The zero-order chi connectivity index (χ0) is 18.2. The van der Waals surface area contributed by atoms with E-state index in [0.29, 0.717) is 6.04 Å². The zero-order valence-corrected chi connectivity index (χ0v) is 19.1. The second kappa shape index (κ2) is 11.6. The van der Waals surface area contributed by atoms with Gasteiger partial charge in [0, 0.05) is 19.6 Å². The molecule has 0 heterocycles. The Bertz CT molecular complexity index is 556. The summed E-state index contributed by atoms with van der Waals surface area (Å²) in [4.78, 5) is 6.63. The SMILES string of the molecule is CN=C(NCC(c1cccc(OC)c1)N(C)C)NC1CCC(C)CC1.I. The molecule has 0 aliphatic heterocycles. The summed E-state index contributed by atoms with van der Waals surface area (Å²) in [7, 11) is 7.75. The van der Waals surface area contributed by atoms with Gasteiger partial charge in [0.05, 0.1) is 13.2 Å². The van der Waals surface area contributed by atoms with Crippen LogP contribution in [0.3, 0.4) is 0 Å². The molecule has 1 saturated carbocycles. The van der Waals surface area contributed by atoms with Crippen LogP contribution in [0, 0.1) is 5.92 Å². The topological polar surface area (TPSA) is 48.9 Å². The average molecular weight is 474 g/mol. The average Bonchev–Trinajstić information content (AvgIpc) is 2.62. The van der Waals surface area contributed by atoms with Crippen molar-refractivity contribution < 1.29 is 4.74 Å². The van der Waals surface area contributed by atoms with E-state index in [-0.39, 0.29) is 30.0 Å². The van der Waals surface area contributed by atoms with Gasteiger partial charge in [-0.25, -0.2) is 0 Å². The second-order valence-corrected chi connectivity index (χ2v) is 7.31. The Kier molecular flexibility index (Phi) is 10.3. The summed E-state index contributed by atoms with van der Waals surface area (Å²) in [5.41, 5.74) is 1.23. The quantitative estimate of drug-likeness (QED) is 0.376. The molecule has 1 aliphatic rings. The molecule has 0 saturated heterocycles. The van der Waals surface area contributed by atoms with Gasteiger partial charge in [0.15, 0.2) is 5.96 Å². The molecule has 6 heteroatoms. The number of ether oxygens (including phenoxy) is 1. The lowest BCUT2D eigenvalue weighted by Crippen LogP contribution is -2.46. The highest BCUT2D eigenvalue weighted by Crippen LogP contribution is 2.24. The van der Waals surface area contributed by atoms with Crippen molar-refractivity contribution in [1.82, 2.24) is 15.5 Å². The van der Waals surface area contributed by atoms with Crippen molar-refractivity contribution >= 4 is 29.9 Å². The van der Waals surface area contributed by atoms with Crippen LogP contribution in [0.5, 0.6) is 5.75 Å². The monoisotopic (exact) mass is 474 g/mol. The van der Waals surface area contributed by atoms with Crippen molar-refractivity contribution in [2.45, 2.75) is 44.7 Å². The van der Waals surface area contributed by atoms with Gasteiger partial charge in [-0.3, -0.25) is 4.99 Å². The number of benzene rings is 1. The summed E-state index contributed by atoms with van der Waals surface area (Å²) in [6.07, 6.45) is 5.07. The van der Waals surface area contributed by atoms with Gasteiger partial charge >= 0.3 is 0 Å². The molecule has 1 aliphatic carbocycles. The number of nitrogens with zero attached hydrogens (tertiary/aromatic N) is 2. The molecule has 1 unspecified atom stereocenters. The van der Waals surface area contributed by atoms with Crippen molar-refractivity contribution in [3.05, 3.63) is 29.8 Å². The van der Waals surface area contributed by atoms with Gasteiger partial charge in [-0.1, -0.05) is 19.1 Å². The molecule has 0 amide bonds. The summed E-state index contributed by atoms with van der Waals surface area (Å²) in [6, 6.07) is 9.06. The van der Waals surface area contributed by atoms with Gasteiger partial charge in [0.1, 0.15) is 5.75 Å². The van der Waals surface area contributed by atoms with E-state index < -0.39 is 0 Å². The number of hydrogen-bond acceptors (Lipinski definition) is 3. The largest absolute Gasteiger partial charge is 0.497 e. The van der Waals surface area contributed by atoms with E-state index in [1.807, 2.05) is 19.2 Å². The molecule has 0 aromatic heterocycles. The molecule has 0 spiro atoms. The van der Waals surface area contributed by atoms with Crippen LogP contribution in [0.25, 0.3) is 0 Å². The fourth-order valence-corrected chi connectivity index (χ4v) is 3.43. The van der Waals surface area contributed by atoms with E-state index in [2.05, 4.69) is 53.7 Å². The van der Waals surface area contributed by atoms with Crippen LogP contribution in [-0.2, 0) is 0 Å². The standard InChI is InChI=1S/C20H34N4O.HI/c1-15-9-11-17(12-10-15)23-20(21-2)22-14-19(24(3)4)16-7-6-8-18(13-16)25-5;/h6-8,13,15,17,19H,9-12,14H2,1-5H3,(H2,21,22,23);1H. The first-order valence-corrected chi connectivity index (χ1v) is 9.31. The smallest absolute Gasteiger partial charge is 0.191 e. The summed E-state index contributed by atoms with van der Waals surface area (Å²) in [6.45, 7) is 3.14. The minimum Gasteiger partial charge on any atom is -0.497 e. The van der Waals surface area contributed by atoms with Crippen LogP contribution in [0.1, 0.15) is 44.2 Å². The summed E-state index contributed by atoms with van der Waals surface area (Å²) in [5, 5.41) is 7.09. The maximum atomic E-state index is 5.37. The van der Waals surface area contributed by atoms with E-state index in [0.717, 1.165) is 24.2 Å². The minimum absolute atomic E-state index is 0. The number of rotatable bonds is 6. The molecule has 26 heavy (non-hydrogen) atoms. The van der Waals surface area contributed by atoms with E-state index in [9.17, 15) is 0 Å². The van der Waals surface area contributed by atoms with Crippen LogP contribution < -0.4 is 15.4 Å². The fourth-order valence-electron chi connectivity index (χ4n) is 3.43. The van der Waals surface area contributed by atoms with Crippen molar-refractivity contribution in [3.8, 4) is 5.75 Å². The maximum Gasteiger partial charge on any atom is 0.191 e. The number of guanidine groups is 1. The third-order valence-electron chi connectivity index (χ3n) is 5.15. The third-order valence-corrected chi connectivity index (χ3v) is 5.15. The van der Waals surface area contributed by atoms with Crippen LogP contribution >= 0.6 is 24.0 Å². The predicted octanol–water partition coefficient (Wildman–Crippen LogP) is 3.66. The van der Waals surface area contributed by atoms with Gasteiger partial charge < -0.3 is 20.3 Å². The minimum atomic E-state index is 0. The highest BCUT2D eigenvalue weighted by atomic mass is 127. The normalized spacial score (nSPS) is 21.7. The van der Waals surface area contributed by atoms with Gasteiger partial charge in [0.2, 0.25) is 0 Å². The van der Waals surface area contributed by atoms with Gasteiger partial charge in [-0.05, 0) is 63.4 Å². The number of halogens is 1. The Hall–Kier alpha value is -1.02. The van der Waals surface area contributed by atoms with Gasteiger partial charge in [0.25, 0.3) is 0 Å². The Morgan fingerprint density at radius 3 is 2.54 bits per heavy atom. The van der Waals surface area contributed by atoms with Crippen LogP contribution in [0.4, 0.5) is 0 Å². The van der Waals surface area contributed by atoms with Crippen LogP contribution in [-0.4, -0.2) is 51.7 Å². The molecule has 1 aromatic carbocycles. The van der Waals surface area contributed by atoms with E-state index in [1.165, 1.54) is 31.2 Å². The molecule has 1 aromatic rings. The first kappa shape index (κ1) is 23.0. The Morgan fingerprint density at radius 1 is 1.27 bits per heavy atom. The molecule has 0 radical (unpaired) electrons. The Labute approximate surface area is 176 Å². The Morgan fingerprint density at radius 2 is 1.96 bits per heavy atom. The van der Waals surface area contributed by atoms with Gasteiger partial charge in [-0.15, -0.1) is 24.0 Å². The summed E-state index contributed by atoms with van der Waals surface area (Å²) >= 11 is 0. The lowest BCUT2D eigenvalue weighted by Gasteiger charge is -2.30. The van der Waals surface area contributed by atoms with Gasteiger partial charge in [-0.2, -0.15) is 0 Å². The summed E-state index contributed by atoms with van der Waals surface area (Å²) < 4.78 is 5.37. The van der Waals surface area contributed by atoms with Crippen molar-refractivity contribution in [3.63, 3.8) is 0 Å². The number of likely N-dealkylation sites (N-methyl/N-ethyl adjacent to an activating group) is 1. The van der Waals surface area contributed by atoms with E-state index in [4.69, 9.17) is 4.74 Å². The van der Waals surface area contributed by atoms with Crippen molar-refractivity contribution in [2.75, 3.05) is 34.8 Å². The predicted molar refractivity (Wildman–Crippen MR) is 121 cm³/mol. The van der Waals surface area contributed by atoms with Crippen molar-refractivity contribution in [2.24, 2.45) is 10.9 Å².